The van der Waals surface area contributed by atoms with E-state index in [0.717, 1.165) is 0 Å². The SMILES string of the molecule is CC(C)(C)c1ccc(C(=O)N2CCC(C(=O)NN)CC2)cc1. The molecule has 0 radical (unpaired) electrons. The number of likely N-dealkylation sites (tertiary alicyclic amines) is 1. The van der Waals surface area contributed by atoms with E-state index < -0.39 is 0 Å². The number of rotatable bonds is 2. The van der Waals surface area contributed by atoms with Crippen LogP contribution in [0.25, 0.3) is 0 Å². The van der Waals surface area contributed by atoms with E-state index in [1.807, 2.05) is 29.2 Å². The fraction of sp³-hybridized carbons (Fsp3) is 0.529. The lowest BCUT2D eigenvalue weighted by Crippen LogP contribution is -2.44. The summed E-state index contributed by atoms with van der Waals surface area (Å²) in [5.74, 6) is 4.97. The average molecular weight is 303 g/mol. The van der Waals surface area contributed by atoms with Crippen LogP contribution in [-0.4, -0.2) is 29.8 Å². The number of nitrogens with zero attached hydrogens (tertiary/aromatic N) is 1. The molecule has 0 bridgehead atoms. The minimum absolute atomic E-state index is 0.0343. The number of benzene rings is 1. The van der Waals surface area contributed by atoms with Crippen molar-refractivity contribution < 1.29 is 9.59 Å². The molecule has 0 saturated carbocycles. The Morgan fingerprint density at radius 1 is 1.14 bits per heavy atom. The first-order chi connectivity index (χ1) is 10.3. The van der Waals surface area contributed by atoms with Crippen LogP contribution >= 0.6 is 0 Å². The molecular weight excluding hydrogens is 278 g/mol. The number of hydrogen-bond donors (Lipinski definition) is 2. The summed E-state index contributed by atoms with van der Waals surface area (Å²) in [4.78, 5) is 25.8. The summed E-state index contributed by atoms with van der Waals surface area (Å²) in [7, 11) is 0. The smallest absolute Gasteiger partial charge is 0.253 e. The first-order valence-electron chi connectivity index (χ1n) is 7.73. The van der Waals surface area contributed by atoms with Crippen molar-refractivity contribution in [2.75, 3.05) is 13.1 Å². The number of carbonyl (C=O) groups is 2. The van der Waals surface area contributed by atoms with Gasteiger partial charge >= 0.3 is 0 Å². The molecule has 5 nitrogen and oxygen atoms in total. The molecule has 1 aromatic carbocycles. The first kappa shape index (κ1) is 16.5. The molecule has 2 amide bonds. The van der Waals surface area contributed by atoms with Gasteiger partial charge in [0.2, 0.25) is 5.91 Å². The highest BCUT2D eigenvalue weighted by molar-refractivity contribution is 5.94. The van der Waals surface area contributed by atoms with Crippen molar-refractivity contribution in [1.82, 2.24) is 10.3 Å². The second kappa shape index (κ2) is 6.48. The normalized spacial score (nSPS) is 16.5. The highest BCUT2D eigenvalue weighted by Gasteiger charge is 2.27. The largest absolute Gasteiger partial charge is 0.339 e. The van der Waals surface area contributed by atoms with Crippen LogP contribution in [-0.2, 0) is 10.2 Å². The van der Waals surface area contributed by atoms with Crippen molar-refractivity contribution in [2.45, 2.75) is 39.0 Å². The van der Waals surface area contributed by atoms with E-state index in [9.17, 15) is 9.59 Å². The maximum absolute atomic E-state index is 12.5. The monoisotopic (exact) mass is 303 g/mol. The maximum Gasteiger partial charge on any atom is 0.253 e. The number of amides is 2. The summed E-state index contributed by atoms with van der Waals surface area (Å²) in [5, 5.41) is 0. The molecule has 1 fully saturated rings. The van der Waals surface area contributed by atoms with Crippen molar-refractivity contribution in [1.29, 1.82) is 0 Å². The van der Waals surface area contributed by atoms with Gasteiger partial charge in [0.05, 0.1) is 0 Å². The Labute approximate surface area is 131 Å². The molecule has 1 aromatic rings. The van der Waals surface area contributed by atoms with Crippen LogP contribution in [0.2, 0.25) is 0 Å². The van der Waals surface area contributed by atoms with E-state index in [1.54, 1.807) is 0 Å². The highest BCUT2D eigenvalue weighted by Crippen LogP contribution is 2.23. The lowest BCUT2D eigenvalue weighted by Gasteiger charge is -2.31. The summed E-state index contributed by atoms with van der Waals surface area (Å²) in [6.07, 6.45) is 1.32. The number of hydrazine groups is 1. The zero-order valence-electron chi connectivity index (χ0n) is 13.6. The molecule has 5 heteroatoms. The lowest BCUT2D eigenvalue weighted by molar-refractivity contribution is -0.126. The zero-order valence-corrected chi connectivity index (χ0v) is 13.6. The van der Waals surface area contributed by atoms with Crippen molar-refractivity contribution in [3.8, 4) is 0 Å². The Morgan fingerprint density at radius 2 is 1.68 bits per heavy atom. The molecule has 3 N–H and O–H groups in total. The second-order valence-electron chi connectivity index (χ2n) is 6.90. The minimum Gasteiger partial charge on any atom is -0.339 e. The topological polar surface area (TPSA) is 75.4 Å². The third-order valence-corrected chi connectivity index (χ3v) is 4.29. The van der Waals surface area contributed by atoms with Gasteiger partial charge in [-0.15, -0.1) is 0 Å². The Morgan fingerprint density at radius 3 is 2.14 bits per heavy atom. The standard InChI is InChI=1S/C17H25N3O2/c1-17(2,3)14-6-4-13(5-7-14)16(22)20-10-8-12(9-11-20)15(21)19-18/h4-7,12H,8-11,18H2,1-3H3,(H,19,21). The summed E-state index contributed by atoms with van der Waals surface area (Å²) in [5.41, 5.74) is 4.18. The van der Waals surface area contributed by atoms with E-state index in [4.69, 9.17) is 5.84 Å². The minimum atomic E-state index is -0.137. The van der Waals surface area contributed by atoms with Crippen molar-refractivity contribution >= 4 is 11.8 Å². The number of nitrogens with two attached hydrogens (primary N) is 1. The van der Waals surface area contributed by atoms with E-state index in [2.05, 4.69) is 26.2 Å². The molecule has 0 spiro atoms. The molecule has 0 unspecified atom stereocenters. The number of nitrogens with one attached hydrogen (secondary N) is 1. The van der Waals surface area contributed by atoms with Crippen LogP contribution in [0.1, 0.15) is 49.5 Å². The van der Waals surface area contributed by atoms with Crippen molar-refractivity contribution in [3.63, 3.8) is 0 Å². The Kier molecular flexibility index (Phi) is 4.86. The maximum atomic E-state index is 12.5. The van der Waals surface area contributed by atoms with Crippen LogP contribution in [0.3, 0.4) is 0 Å². The quantitative estimate of drug-likeness (QED) is 0.497. The van der Waals surface area contributed by atoms with Gasteiger partial charge in [-0.05, 0) is 36.0 Å². The van der Waals surface area contributed by atoms with E-state index >= 15 is 0 Å². The molecule has 0 aromatic heterocycles. The van der Waals surface area contributed by atoms with Gasteiger partial charge in [0.15, 0.2) is 0 Å². The lowest BCUT2D eigenvalue weighted by atomic mass is 9.86. The number of piperidine rings is 1. The fourth-order valence-corrected chi connectivity index (χ4v) is 2.76. The summed E-state index contributed by atoms with van der Waals surface area (Å²) >= 11 is 0. The Hall–Kier alpha value is -1.88. The van der Waals surface area contributed by atoms with Crippen LogP contribution in [0.4, 0.5) is 0 Å². The van der Waals surface area contributed by atoms with Gasteiger partial charge in [0.25, 0.3) is 5.91 Å². The molecule has 1 saturated heterocycles. The Balaban J connectivity index is 2.00. The van der Waals surface area contributed by atoms with E-state index in [-0.39, 0.29) is 23.1 Å². The molecule has 120 valence electrons. The van der Waals surface area contributed by atoms with Gasteiger partial charge in [0.1, 0.15) is 0 Å². The van der Waals surface area contributed by atoms with Gasteiger partial charge < -0.3 is 4.90 Å². The zero-order chi connectivity index (χ0) is 16.3. The summed E-state index contributed by atoms with van der Waals surface area (Å²) < 4.78 is 0. The van der Waals surface area contributed by atoms with Gasteiger partial charge in [0, 0.05) is 24.6 Å². The third kappa shape index (κ3) is 3.65. The summed E-state index contributed by atoms with van der Waals surface area (Å²) in [6.45, 7) is 7.64. The van der Waals surface area contributed by atoms with E-state index in [1.165, 1.54) is 5.56 Å². The van der Waals surface area contributed by atoms with Gasteiger partial charge in [-0.3, -0.25) is 15.0 Å². The average Bonchev–Trinajstić information content (AvgIpc) is 2.53. The molecule has 22 heavy (non-hydrogen) atoms. The molecule has 1 aliphatic rings. The van der Waals surface area contributed by atoms with Crippen molar-refractivity contribution in [3.05, 3.63) is 35.4 Å². The molecule has 1 aliphatic heterocycles. The predicted molar refractivity (Wildman–Crippen MR) is 86.1 cm³/mol. The molecule has 0 aliphatic carbocycles. The molecule has 2 rings (SSSR count). The van der Waals surface area contributed by atoms with Crippen LogP contribution < -0.4 is 11.3 Å². The predicted octanol–water partition coefficient (Wildman–Crippen LogP) is 1.83. The third-order valence-electron chi connectivity index (χ3n) is 4.29. The molecule has 1 heterocycles. The second-order valence-corrected chi connectivity index (χ2v) is 6.90. The van der Waals surface area contributed by atoms with Crippen LogP contribution in [0, 0.1) is 5.92 Å². The van der Waals surface area contributed by atoms with E-state index in [0.29, 0.717) is 31.5 Å². The number of carbonyl (C=O) groups excluding carboxylic acids is 2. The van der Waals surface area contributed by atoms with Crippen molar-refractivity contribution in [2.24, 2.45) is 11.8 Å². The fourth-order valence-electron chi connectivity index (χ4n) is 2.76. The molecular formula is C17H25N3O2. The van der Waals surface area contributed by atoms with Gasteiger partial charge in [-0.2, -0.15) is 0 Å². The first-order valence-corrected chi connectivity index (χ1v) is 7.73. The number of hydrogen-bond acceptors (Lipinski definition) is 3. The Bertz CT molecular complexity index is 538. The van der Waals surface area contributed by atoms with Gasteiger partial charge in [-0.1, -0.05) is 32.9 Å². The highest BCUT2D eigenvalue weighted by atomic mass is 16.2. The summed E-state index contributed by atoms with van der Waals surface area (Å²) in [6, 6.07) is 7.81. The van der Waals surface area contributed by atoms with Gasteiger partial charge in [-0.25, -0.2) is 5.84 Å². The van der Waals surface area contributed by atoms with Crippen LogP contribution in [0.15, 0.2) is 24.3 Å². The molecule has 0 atom stereocenters. The van der Waals surface area contributed by atoms with Crippen LogP contribution in [0.5, 0.6) is 0 Å².